The first kappa shape index (κ1) is 16.2. The molecule has 0 unspecified atom stereocenters. The maximum absolute atomic E-state index is 9.56. The Morgan fingerprint density at radius 3 is 2.64 bits per heavy atom. The van der Waals surface area contributed by atoms with Gasteiger partial charge < -0.3 is 20.1 Å². The number of methoxy groups -OCH3 is 1. The number of hydrogen-bond acceptors (Lipinski definition) is 4. The smallest absolute Gasteiger partial charge is 0.160 e. The molecule has 2 aromatic carbocycles. The number of phenolic OH excluding ortho intramolecular Hbond substituents is 1. The van der Waals surface area contributed by atoms with Gasteiger partial charge in [0, 0.05) is 25.8 Å². The molecule has 0 saturated heterocycles. The first-order chi connectivity index (χ1) is 10.7. The summed E-state index contributed by atoms with van der Waals surface area (Å²) in [6, 6.07) is 15.8. The number of phenols is 1. The summed E-state index contributed by atoms with van der Waals surface area (Å²) in [6.07, 6.45) is 1.07. The second kappa shape index (κ2) is 8.29. The maximum Gasteiger partial charge on any atom is 0.160 e. The van der Waals surface area contributed by atoms with Crippen molar-refractivity contribution in [2.45, 2.75) is 13.0 Å². The second-order valence-corrected chi connectivity index (χ2v) is 5.29. The third-order valence-corrected chi connectivity index (χ3v) is 3.62. The highest BCUT2D eigenvalue weighted by atomic mass is 16.5. The number of ether oxygens (including phenoxy) is 1. The quantitative estimate of drug-likeness (QED) is 0.736. The zero-order valence-corrected chi connectivity index (χ0v) is 13.2. The van der Waals surface area contributed by atoms with Gasteiger partial charge in [0.1, 0.15) is 0 Å². The SMILES string of the molecule is COc1cc(CNCCCN(C)c2ccccc2)ccc1O. The summed E-state index contributed by atoms with van der Waals surface area (Å²) in [7, 11) is 3.67. The van der Waals surface area contributed by atoms with Crippen LogP contribution in [0.15, 0.2) is 48.5 Å². The number of nitrogens with one attached hydrogen (secondary N) is 1. The molecule has 0 aliphatic carbocycles. The van der Waals surface area contributed by atoms with Gasteiger partial charge in [-0.05, 0) is 42.8 Å². The van der Waals surface area contributed by atoms with Crippen molar-refractivity contribution < 1.29 is 9.84 Å². The average Bonchev–Trinajstić information content (AvgIpc) is 2.56. The van der Waals surface area contributed by atoms with E-state index < -0.39 is 0 Å². The van der Waals surface area contributed by atoms with Crippen LogP contribution in [0.1, 0.15) is 12.0 Å². The third kappa shape index (κ3) is 4.67. The van der Waals surface area contributed by atoms with Crippen molar-refractivity contribution in [1.82, 2.24) is 5.32 Å². The molecule has 0 spiro atoms. The highest BCUT2D eigenvalue weighted by molar-refractivity contribution is 5.44. The van der Waals surface area contributed by atoms with Gasteiger partial charge in [0.2, 0.25) is 0 Å². The Hall–Kier alpha value is -2.20. The molecule has 0 aromatic heterocycles. The molecule has 0 bridgehead atoms. The molecule has 2 rings (SSSR count). The summed E-state index contributed by atoms with van der Waals surface area (Å²) >= 11 is 0. The predicted molar refractivity (Wildman–Crippen MR) is 90.7 cm³/mol. The van der Waals surface area contributed by atoms with Gasteiger partial charge in [0.25, 0.3) is 0 Å². The molecule has 0 fully saturated rings. The lowest BCUT2D eigenvalue weighted by atomic mass is 10.2. The van der Waals surface area contributed by atoms with E-state index in [-0.39, 0.29) is 5.75 Å². The standard InChI is InChI=1S/C18H24N2O2/c1-20(16-7-4-3-5-8-16)12-6-11-19-14-15-9-10-17(21)18(13-15)22-2/h3-5,7-10,13,19,21H,6,11-12,14H2,1-2H3. The van der Waals surface area contributed by atoms with Gasteiger partial charge in [0.05, 0.1) is 7.11 Å². The second-order valence-electron chi connectivity index (χ2n) is 5.29. The van der Waals surface area contributed by atoms with Gasteiger partial charge in [-0.3, -0.25) is 0 Å². The highest BCUT2D eigenvalue weighted by Gasteiger charge is 2.03. The highest BCUT2D eigenvalue weighted by Crippen LogP contribution is 2.26. The lowest BCUT2D eigenvalue weighted by molar-refractivity contribution is 0.373. The normalized spacial score (nSPS) is 10.5. The van der Waals surface area contributed by atoms with Crippen LogP contribution in [0.4, 0.5) is 5.69 Å². The summed E-state index contributed by atoms with van der Waals surface area (Å²) in [4.78, 5) is 2.26. The number of nitrogens with zero attached hydrogens (tertiary/aromatic N) is 1. The molecule has 2 aromatic rings. The molecule has 0 heterocycles. The van der Waals surface area contributed by atoms with Crippen LogP contribution in [0.5, 0.6) is 11.5 Å². The minimum atomic E-state index is 0.177. The number of anilines is 1. The van der Waals surface area contributed by atoms with E-state index in [9.17, 15) is 5.11 Å². The lowest BCUT2D eigenvalue weighted by Gasteiger charge is -2.19. The first-order valence-electron chi connectivity index (χ1n) is 7.53. The Labute approximate surface area is 132 Å². The van der Waals surface area contributed by atoms with Gasteiger partial charge in [-0.2, -0.15) is 0 Å². The fraction of sp³-hybridized carbons (Fsp3) is 0.333. The molecular weight excluding hydrogens is 276 g/mol. The topological polar surface area (TPSA) is 44.7 Å². The van der Waals surface area contributed by atoms with E-state index in [1.807, 2.05) is 18.2 Å². The van der Waals surface area contributed by atoms with Gasteiger partial charge in [-0.1, -0.05) is 24.3 Å². The van der Waals surface area contributed by atoms with Crippen molar-refractivity contribution >= 4 is 5.69 Å². The van der Waals surface area contributed by atoms with E-state index in [1.165, 1.54) is 5.69 Å². The average molecular weight is 300 g/mol. The molecule has 0 saturated carbocycles. The fourth-order valence-corrected chi connectivity index (χ4v) is 2.32. The zero-order valence-electron chi connectivity index (χ0n) is 13.2. The molecule has 118 valence electrons. The van der Waals surface area contributed by atoms with Gasteiger partial charge in [-0.25, -0.2) is 0 Å². The minimum absolute atomic E-state index is 0.177. The molecule has 4 nitrogen and oxygen atoms in total. The first-order valence-corrected chi connectivity index (χ1v) is 7.53. The fourth-order valence-electron chi connectivity index (χ4n) is 2.32. The van der Waals surface area contributed by atoms with Crippen LogP contribution in [0.2, 0.25) is 0 Å². The molecule has 2 N–H and O–H groups in total. The van der Waals surface area contributed by atoms with E-state index in [4.69, 9.17) is 4.74 Å². The van der Waals surface area contributed by atoms with Gasteiger partial charge in [-0.15, -0.1) is 0 Å². The van der Waals surface area contributed by atoms with Crippen LogP contribution in [-0.4, -0.2) is 32.4 Å². The van der Waals surface area contributed by atoms with Crippen molar-refractivity contribution in [2.24, 2.45) is 0 Å². The van der Waals surface area contributed by atoms with E-state index in [1.54, 1.807) is 13.2 Å². The van der Waals surface area contributed by atoms with E-state index in [0.717, 1.165) is 31.6 Å². The summed E-state index contributed by atoms with van der Waals surface area (Å²) in [5.74, 6) is 0.693. The van der Waals surface area contributed by atoms with E-state index in [2.05, 4.69) is 41.5 Å². The number of aromatic hydroxyl groups is 1. The monoisotopic (exact) mass is 300 g/mol. The zero-order chi connectivity index (χ0) is 15.8. The van der Waals surface area contributed by atoms with Crippen molar-refractivity contribution in [3.63, 3.8) is 0 Å². The van der Waals surface area contributed by atoms with Crippen molar-refractivity contribution in [1.29, 1.82) is 0 Å². The van der Waals surface area contributed by atoms with Crippen molar-refractivity contribution in [2.75, 3.05) is 32.1 Å². The minimum Gasteiger partial charge on any atom is -0.504 e. The summed E-state index contributed by atoms with van der Waals surface area (Å²) < 4.78 is 5.11. The Bertz CT molecular complexity index is 573. The molecule has 0 radical (unpaired) electrons. The number of para-hydroxylation sites is 1. The largest absolute Gasteiger partial charge is 0.504 e. The maximum atomic E-state index is 9.56. The summed E-state index contributed by atoms with van der Waals surface area (Å²) in [5.41, 5.74) is 2.34. The Balaban J connectivity index is 1.69. The van der Waals surface area contributed by atoms with Crippen LogP contribution in [0.25, 0.3) is 0 Å². The molecule has 0 atom stereocenters. The van der Waals surface area contributed by atoms with Crippen molar-refractivity contribution in [3.05, 3.63) is 54.1 Å². The molecule has 0 aliphatic rings. The Morgan fingerprint density at radius 1 is 1.14 bits per heavy atom. The van der Waals surface area contributed by atoms with Crippen LogP contribution in [0, 0.1) is 0 Å². The summed E-state index contributed by atoms with van der Waals surface area (Å²) in [5, 5.41) is 13.0. The third-order valence-electron chi connectivity index (χ3n) is 3.62. The molecule has 4 heteroatoms. The van der Waals surface area contributed by atoms with Gasteiger partial charge >= 0.3 is 0 Å². The Kier molecular flexibility index (Phi) is 6.10. The van der Waals surface area contributed by atoms with Gasteiger partial charge in [0.15, 0.2) is 11.5 Å². The van der Waals surface area contributed by atoms with E-state index >= 15 is 0 Å². The summed E-state index contributed by atoms with van der Waals surface area (Å²) in [6.45, 7) is 2.72. The number of benzene rings is 2. The molecule has 0 amide bonds. The number of rotatable bonds is 8. The van der Waals surface area contributed by atoms with Crippen LogP contribution < -0.4 is 15.0 Å². The molecule has 0 aliphatic heterocycles. The van der Waals surface area contributed by atoms with E-state index in [0.29, 0.717) is 5.75 Å². The molecule has 22 heavy (non-hydrogen) atoms. The number of hydrogen-bond donors (Lipinski definition) is 2. The predicted octanol–water partition coefficient (Wildman–Crippen LogP) is 3.02. The van der Waals surface area contributed by atoms with Crippen LogP contribution >= 0.6 is 0 Å². The Morgan fingerprint density at radius 2 is 1.91 bits per heavy atom. The van der Waals surface area contributed by atoms with Crippen molar-refractivity contribution in [3.8, 4) is 11.5 Å². The lowest BCUT2D eigenvalue weighted by Crippen LogP contribution is -2.23. The van der Waals surface area contributed by atoms with Crippen LogP contribution in [0.3, 0.4) is 0 Å². The molecular formula is C18H24N2O2. The van der Waals surface area contributed by atoms with Crippen LogP contribution in [-0.2, 0) is 6.54 Å².